The fraction of sp³-hybridized carbons (Fsp3) is 0.739. The van der Waals surface area contributed by atoms with E-state index >= 15 is 0 Å². The number of ether oxygens (including phenoxy) is 4. The molecule has 0 rings (SSSR count). The van der Waals surface area contributed by atoms with Crippen molar-refractivity contribution in [3.63, 3.8) is 0 Å². The minimum absolute atomic E-state index is 0.0162. The molecule has 13 nitrogen and oxygen atoms in total. The predicted octanol–water partition coefficient (Wildman–Crippen LogP) is -0.124. The SMILES string of the molecule is CCOC(=O)CC[C@H](NC(=O)CC[C@H](N)C(=O)N[C@@H](CCC(=O)OCC)C(=O)OCC)C(=O)OCC. The van der Waals surface area contributed by atoms with E-state index in [1.807, 2.05) is 0 Å². The molecule has 3 atom stereocenters. The van der Waals surface area contributed by atoms with Gasteiger partial charge in [0.1, 0.15) is 12.1 Å². The van der Waals surface area contributed by atoms with Gasteiger partial charge < -0.3 is 35.3 Å². The molecule has 4 N–H and O–H groups in total. The van der Waals surface area contributed by atoms with Gasteiger partial charge in [-0.15, -0.1) is 0 Å². The molecule has 13 heteroatoms. The maximum absolute atomic E-state index is 12.5. The zero-order chi connectivity index (χ0) is 27.5. The van der Waals surface area contributed by atoms with Gasteiger partial charge in [-0.25, -0.2) is 9.59 Å². The van der Waals surface area contributed by atoms with Crippen molar-refractivity contribution >= 4 is 35.7 Å². The standard InChI is InChI=1S/C23H39N3O10/c1-5-33-19(28)13-10-16(22(31)35-7-3)25-18(27)12-9-15(24)21(30)26-17(23(32)36-8-4)11-14-20(29)34-6-2/h15-17H,5-14,24H2,1-4H3,(H,25,27)(H,26,30)/t15-,16-,17-/m0/s1. The highest BCUT2D eigenvalue weighted by molar-refractivity contribution is 5.89. The van der Waals surface area contributed by atoms with Crippen LogP contribution >= 0.6 is 0 Å². The molecule has 0 saturated carbocycles. The fourth-order valence-electron chi connectivity index (χ4n) is 2.94. The number of hydrogen-bond donors (Lipinski definition) is 3. The molecule has 0 unspecified atom stereocenters. The molecule has 0 radical (unpaired) electrons. The topological polar surface area (TPSA) is 189 Å². The van der Waals surface area contributed by atoms with Crippen molar-refractivity contribution in [3.8, 4) is 0 Å². The maximum atomic E-state index is 12.5. The summed E-state index contributed by atoms with van der Waals surface area (Å²) in [4.78, 5) is 72.3. The van der Waals surface area contributed by atoms with Gasteiger partial charge in [0.05, 0.1) is 32.5 Å². The molecule has 0 aliphatic carbocycles. The first-order chi connectivity index (χ1) is 17.1. The molecule has 2 amide bonds. The van der Waals surface area contributed by atoms with E-state index in [2.05, 4.69) is 10.6 Å². The number of hydrogen-bond acceptors (Lipinski definition) is 11. The van der Waals surface area contributed by atoms with Gasteiger partial charge >= 0.3 is 23.9 Å². The lowest BCUT2D eigenvalue weighted by molar-refractivity contribution is -0.149. The molecule has 0 spiro atoms. The average Bonchev–Trinajstić information content (AvgIpc) is 2.83. The molecule has 0 fully saturated rings. The number of carbonyl (C=O) groups is 6. The summed E-state index contributed by atoms with van der Waals surface area (Å²) in [6, 6.07) is -3.34. The number of carbonyl (C=O) groups excluding carboxylic acids is 6. The predicted molar refractivity (Wildman–Crippen MR) is 126 cm³/mol. The van der Waals surface area contributed by atoms with Crippen LogP contribution in [0.5, 0.6) is 0 Å². The first-order valence-corrected chi connectivity index (χ1v) is 12.1. The Morgan fingerprint density at radius 1 is 0.611 bits per heavy atom. The largest absolute Gasteiger partial charge is 0.466 e. The van der Waals surface area contributed by atoms with Crippen molar-refractivity contribution in [1.29, 1.82) is 0 Å². The highest BCUT2D eigenvalue weighted by atomic mass is 16.5. The van der Waals surface area contributed by atoms with Gasteiger partial charge in [0.25, 0.3) is 0 Å². The van der Waals surface area contributed by atoms with Gasteiger partial charge in [0, 0.05) is 19.3 Å². The van der Waals surface area contributed by atoms with Gasteiger partial charge in [-0.2, -0.15) is 0 Å². The van der Waals surface area contributed by atoms with Crippen molar-refractivity contribution in [2.24, 2.45) is 5.73 Å². The highest BCUT2D eigenvalue weighted by Gasteiger charge is 2.27. The molecular formula is C23H39N3O10. The van der Waals surface area contributed by atoms with Crippen molar-refractivity contribution in [1.82, 2.24) is 10.6 Å². The number of rotatable bonds is 18. The Kier molecular flexibility index (Phi) is 17.3. The minimum atomic E-state index is -1.16. The third-order valence-corrected chi connectivity index (χ3v) is 4.70. The Bertz CT molecular complexity index is 744. The molecule has 206 valence electrons. The lowest BCUT2D eigenvalue weighted by Gasteiger charge is -2.20. The van der Waals surface area contributed by atoms with Crippen LogP contribution in [0.25, 0.3) is 0 Å². The summed E-state index contributed by atoms with van der Waals surface area (Å²) in [5.74, 6) is -3.76. The Hall–Kier alpha value is -3.22. The molecule has 0 aromatic carbocycles. The monoisotopic (exact) mass is 517 g/mol. The second kappa shape index (κ2) is 19.0. The van der Waals surface area contributed by atoms with Crippen LogP contribution in [0.3, 0.4) is 0 Å². The smallest absolute Gasteiger partial charge is 0.328 e. The fourth-order valence-corrected chi connectivity index (χ4v) is 2.94. The zero-order valence-electron chi connectivity index (χ0n) is 21.5. The minimum Gasteiger partial charge on any atom is -0.466 e. The third kappa shape index (κ3) is 14.2. The van der Waals surface area contributed by atoms with Crippen LogP contribution in [0.4, 0.5) is 0 Å². The lowest BCUT2D eigenvalue weighted by atomic mass is 10.1. The Balaban J connectivity index is 4.90. The highest BCUT2D eigenvalue weighted by Crippen LogP contribution is 2.06. The van der Waals surface area contributed by atoms with Gasteiger partial charge in [-0.1, -0.05) is 0 Å². The van der Waals surface area contributed by atoms with E-state index in [0.29, 0.717) is 0 Å². The summed E-state index contributed by atoms with van der Waals surface area (Å²) in [5, 5.41) is 4.92. The van der Waals surface area contributed by atoms with Crippen molar-refractivity contribution in [3.05, 3.63) is 0 Å². The quantitative estimate of drug-likeness (QED) is 0.162. The second-order valence-corrected chi connectivity index (χ2v) is 7.52. The third-order valence-electron chi connectivity index (χ3n) is 4.70. The van der Waals surface area contributed by atoms with Crippen LogP contribution in [0.1, 0.15) is 66.2 Å². The molecule has 0 bridgehead atoms. The van der Waals surface area contributed by atoms with Crippen LogP contribution in [0.2, 0.25) is 0 Å². The van der Waals surface area contributed by atoms with Crippen molar-refractivity contribution in [2.75, 3.05) is 26.4 Å². The first-order valence-electron chi connectivity index (χ1n) is 12.1. The lowest BCUT2D eigenvalue weighted by Crippen LogP contribution is -2.49. The van der Waals surface area contributed by atoms with Crippen LogP contribution < -0.4 is 16.4 Å². The molecule has 0 heterocycles. The van der Waals surface area contributed by atoms with Crippen LogP contribution in [-0.4, -0.2) is 80.2 Å². The number of esters is 4. The summed E-state index contributed by atoms with van der Waals surface area (Å²) in [6.07, 6.45) is -0.581. The Labute approximate surface area is 211 Å². The molecule has 0 aliphatic rings. The van der Waals surface area contributed by atoms with E-state index in [1.54, 1.807) is 27.7 Å². The second-order valence-electron chi connectivity index (χ2n) is 7.52. The van der Waals surface area contributed by atoms with Gasteiger partial charge in [0.15, 0.2) is 0 Å². The summed E-state index contributed by atoms with van der Waals surface area (Å²) >= 11 is 0. The molecular weight excluding hydrogens is 478 g/mol. The van der Waals surface area contributed by atoms with E-state index in [0.717, 1.165) is 0 Å². The molecule has 0 aromatic rings. The average molecular weight is 518 g/mol. The summed E-state index contributed by atoms with van der Waals surface area (Å²) < 4.78 is 19.5. The van der Waals surface area contributed by atoms with Gasteiger partial charge in [-0.3, -0.25) is 19.2 Å². The van der Waals surface area contributed by atoms with E-state index in [-0.39, 0.29) is 65.0 Å². The van der Waals surface area contributed by atoms with E-state index in [4.69, 9.17) is 24.7 Å². The van der Waals surface area contributed by atoms with Crippen LogP contribution in [0, 0.1) is 0 Å². The molecule has 0 aromatic heterocycles. The van der Waals surface area contributed by atoms with Crippen LogP contribution in [-0.2, 0) is 47.7 Å². The number of nitrogens with one attached hydrogen (secondary N) is 2. The molecule has 0 aliphatic heterocycles. The van der Waals surface area contributed by atoms with Crippen LogP contribution in [0.15, 0.2) is 0 Å². The van der Waals surface area contributed by atoms with Gasteiger partial charge in [-0.05, 0) is 47.0 Å². The molecule has 36 heavy (non-hydrogen) atoms. The van der Waals surface area contributed by atoms with Gasteiger partial charge in [0.2, 0.25) is 11.8 Å². The van der Waals surface area contributed by atoms with Crippen molar-refractivity contribution in [2.45, 2.75) is 84.3 Å². The maximum Gasteiger partial charge on any atom is 0.328 e. The Morgan fingerprint density at radius 3 is 1.44 bits per heavy atom. The summed E-state index contributed by atoms with van der Waals surface area (Å²) in [5.41, 5.74) is 5.87. The zero-order valence-corrected chi connectivity index (χ0v) is 21.5. The summed E-state index contributed by atoms with van der Waals surface area (Å²) in [6.45, 7) is 7.04. The van der Waals surface area contributed by atoms with Crippen molar-refractivity contribution < 1.29 is 47.7 Å². The summed E-state index contributed by atoms with van der Waals surface area (Å²) in [7, 11) is 0. The van der Waals surface area contributed by atoms with E-state index in [9.17, 15) is 28.8 Å². The van der Waals surface area contributed by atoms with E-state index in [1.165, 1.54) is 0 Å². The number of nitrogens with two attached hydrogens (primary N) is 1. The molecule has 0 saturated heterocycles. The van der Waals surface area contributed by atoms with E-state index < -0.39 is 53.8 Å². The Morgan fingerprint density at radius 2 is 1.03 bits per heavy atom. The number of amides is 2. The normalized spacial score (nSPS) is 12.9. The first kappa shape index (κ1) is 32.8.